The van der Waals surface area contributed by atoms with Crippen molar-refractivity contribution in [2.24, 2.45) is 0 Å². The molecule has 8 heteroatoms. The molecule has 0 saturated carbocycles. The van der Waals surface area contributed by atoms with E-state index in [0.717, 1.165) is 34.1 Å². The highest BCUT2D eigenvalue weighted by Crippen LogP contribution is 2.37. The second kappa shape index (κ2) is 12.8. The molecule has 166 valence electrons. The van der Waals surface area contributed by atoms with Gasteiger partial charge in [-0.1, -0.05) is 59.1 Å². The Morgan fingerprint density at radius 3 is 2.42 bits per heavy atom. The summed E-state index contributed by atoms with van der Waals surface area (Å²) in [6.07, 6.45) is 0.813. The van der Waals surface area contributed by atoms with Gasteiger partial charge < -0.3 is 14.8 Å². The van der Waals surface area contributed by atoms with Gasteiger partial charge in [-0.2, -0.15) is 0 Å². The number of hydrogen-bond donors (Lipinski definition) is 1. The summed E-state index contributed by atoms with van der Waals surface area (Å²) >= 11 is 22.0. The lowest BCUT2D eigenvalue weighted by Gasteiger charge is -2.15. The molecule has 0 aliphatic rings. The summed E-state index contributed by atoms with van der Waals surface area (Å²) in [6, 6.07) is 17.2. The number of methoxy groups -OCH3 is 1. The van der Waals surface area contributed by atoms with Gasteiger partial charge in [0.15, 0.2) is 11.5 Å². The van der Waals surface area contributed by atoms with E-state index in [2.05, 4.69) is 21.2 Å². The maximum absolute atomic E-state index is 6.23. The molecule has 0 amide bonds. The maximum Gasteiger partial charge on any atom is 0.175 e. The zero-order valence-corrected chi connectivity index (χ0v) is 21.4. The van der Waals surface area contributed by atoms with Crippen LogP contribution in [0.15, 0.2) is 59.1 Å². The highest BCUT2D eigenvalue weighted by Gasteiger charge is 2.13. The fourth-order valence-electron chi connectivity index (χ4n) is 2.96. The molecule has 0 aromatic heterocycles. The number of nitrogens with one attached hydrogen (secondary N) is 1. The molecule has 3 nitrogen and oxygen atoms in total. The number of benzene rings is 3. The zero-order chi connectivity index (χ0) is 21.5. The summed E-state index contributed by atoms with van der Waals surface area (Å²) in [5, 5.41) is 5.44. The van der Waals surface area contributed by atoms with Crippen LogP contribution < -0.4 is 14.8 Å². The quantitative estimate of drug-likeness (QED) is 0.269. The molecular formula is C23H22BrCl4NO2. The van der Waals surface area contributed by atoms with Crippen LogP contribution in [0.4, 0.5) is 0 Å². The van der Waals surface area contributed by atoms with Gasteiger partial charge in [-0.3, -0.25) is 0 Å². The molecule has 0 atom stereocenters. The SMILES string of the molecule is COc1cc(CNCCc2ccc(Cl)cc2Cl)cc(Br)c1OCc1ccccc1Cl.Cl. The molecule has 0 heterocycles. The van der Waals surface area contributed by atoms with Gasteiger partial charge in [0.1, 0.15) is 6.61 Å². The number of halogens is 5. The lowest BCUT2D eigenvalue weighted by Crippen LogP contribution is -2.17. The minimum Gasteiger partial charge on any atom is -0.493 e. The van der Waals surface area contributed by atoms with Crippen molar-refractivity contribution in [2.75, 3.05) is 13.7 Å². The first kappa shape index (κ1) is 26.1. The molecule has 31 heavy (non-hydrogen) atoms. The molecule has 3 rings (SSSR count). The van der Waals surface area contributed by atoms with E-state index in [1.54, 1.807) is 13.2 Å². The first-order valence-corrected chi connectivity index (χ1v) is 11.3. The van der Waals surface area contributed by atoms with Crippen LogP contribution in [0.2, 0.25) is 15.1 Å². The van der Waals surface area contributed by atoms with Crippen molar-refractivity contribution < 1.29 is 9.47 Å². The predicted molar refractivity (Wildman–Crippen MR) is 136 cm³/mol. The van der Waals surface area contributed by atoms with E-state index in [1.165, 1.54) is 0 Å². The lowest BCUT2D eigenvalue weighted by atomic mass is 10.1. The van der Waals surface area contributed by atoms with E-state index in [1.807, 2.05) is 48.5 Å². The first-order chi connectivity index (χ1) is 14.5. The summed E-state index contributed by atoms with van der Waals surface area (Å²) in [5.74, 6) is 1.31. The van der Waals surface area contributed by atoms with Gasteiger partial charge in [0, 0.05) is 27.2 Å². The number of rotatable bonds is 9. The standard InChI is InChI=1S/C23H21BrCl3NO2.ClH/c1-29-22-11-15(13-28-9-8-16-6-7-18(25)12-21(16)27)10-19(24)23(22)30-14-17-4-2-3-5-20(17)26;/h2-7,10-12,28H,8-9,13-14H2,1H3;1H. The molecule has 0 fully saturated rings. The van der Waals surface area contributed by atoms with Crippen LogP contribution in [0.25, 0.3) is 0 Å². The van der Waals surface area contributed by atoms with E-state index >= 15 is 0 Å². The summed E-state index contributed by atoms with van der Waals surface area (Å²) in [4.78, 5) is 0. The fourth-order valence-corrected chi connectivity index (χ4v) is 4.26. The van der Waals surface area contributed by atoms with Gasteiger partial charge >= 0.3 is 0 Å². The average molecular weight is 566 g/mol. The van der Waals surface area contributed by atoms with E-state index in [0.29, 0.717) is 39.7 Å². The van der Waals surface area contributed by atoms with Crippen LogP contribution >= 0.6 is 63.1 Å². The van der Waals surface area contributed by atoms with Gasteiger partial charge in [-0.25, -0.2) is 0 Å². The Bertz CT molecular complexity index is 1020. The van der Waals surface area contributed by atoms with Gasteiger partial charge in [-0.15, -0.1) is 12.4 Å². The zero-order valence-electron chi connectivity index (χ0n) is 16.8. The Balaban J connectivity index is 0.00000341. The molecule has 1 N–H and O–H groups in total. The second-order valence-electron chi connectivity index (χ2n) is 6.65. The highest BCUT2D eigenvalue weighted by atomic mass is 79.9. The Hall–Kier alpha value is -1.14. The Kier molecular flexibility index (Phi) is 10.8. The largest absolute Gasteiger partial charge is 0.493 e. The van der Waals surface area contributed by atoms with Crippen molar-refractivity contribution in [3.8, 4) is 11.5 Å². The van der Waals surface area contributed by atoms with E-state index in [4.69, 9.17) is 44.3 Å². The predicted octanol–water partition coefficient (Wildman–Crippen LogP) is 7.75. The fraction of sp³-hybridized carbons (Fsp3) is 0.217. The number of ether oxygens (including phenoxy) is 2. The van der Waals surface area contributed by atoms with Crippen molar-refractivity contribution in [2.45, 2.75) is 19.6 Å². The van der Waals surface area contributed by atoms with Crippen LogP contribution in [0.3, 0.4) is 0 Å². The van der Waals surface area contributed by atoms with Crippen LogP contribution in [-0.4, -0.2) is 13.7 Å². The van der Waals surface area contributed by atoms with Crippen LogP contribution in [0, 0.1) is 0 Å². The van der Waals surface area contributed by atoms with Crippen LogP contribution in [0.5, 0.6) is 11.5 Å². The molecule has 0 bridgehead atoms. The van der Waals surface area contributed by atoms with Crippen LogP contribution in [0.1, 0.15) is 16.7 Å². The van der Waals surface area contributed by atoms with Crippen molar-refractivity contribution >= 4 is 63.1 Å². The van der Waals surface area contributed by atoms with Gasteiger partial charge in [-0.05, 0) is 70.4 Å². The van der Waals surface area contributed by atoms with Gasteiger partial charge in [0.25, 0.3) is 0 Å². The third-order valence-corrected chi connectivity index (χ3v) is 6.08. The number of hydrogen-bond acceptors (Lipinski definition) is 3. The van der Waals surface area contributed by atoms with Crippen molar-refractivity contribution in [3.05, 3.63) is 90.8 Å². The smallest absolute Gasteiger partial charge is 0.175 e. The molecule has 0 unspecified atom stereocenters. The Labute approximate surface area is 212 Å². The van der Waals surface area contributed by atoms with Crippen molar-refractivity contribution in [1.29, 1.82) is 0 Å². The van der Waals surface area contributed by atoms with Gasteiger partial charge in [0.2, 0.25) is 0 Å². The minimum atomic E-state index is 0. The summed E-state index contributed by atoms with van der Waals surface area (Å²) in [6.45, 7) is 1.82. The van der Waals surface area contributed by atoms with Gasteiger partial charge in [0.05, 0.1) is 11.6 Å². The molecule has 3 aromatic rings. The highest BCUT2D eigenvalue weighted by molar-refractivity contribution is 9.10. The van der Waals surface area contributed by atoms with Crippen molar-refractivity contribution in [1.82, 2.24) is 5.32 Å². The molecular weight excluding hydrogens is 544 g/mol. The third kappa shape index (κ3) is 7.45. The molecule has 3 aromatic carbocycles. The first-order valence-electron chi connectivity index (χ1n) is 9.35. The van der Waals surface area contributed by atoms with E-state index < -0.39 is 0 Å². The lowest BCUT2D eigenvalue weighted by molar-refractivity contribution is 0.282. The van der Waals surface area contributed by atoms with Crippen LogP contribution in [-0.2, 0) is 19.6 Å². The molecule has 0 aliphatic heterocycles. The maximum atomic E-state index is 6.23. The molecule has 0 aliphatic carbocycles. The topological polar surface area (TPSA) is 30.5 Å². The monoisotopic (exact) mass is 563 g/mol. The molecule has 0 saturated heterocycles. The Morgan fingerprint density at radius 1 is 0.935 bits per heavy atom. The minimum absolute atomic E-state index is 0. The summed E-state index contributed by atoms with van der Waals surface area (Å²) < 4.78 is 12.4. The van der Waals surface area contributed by atoms with Crippen molar-refractivity contribution in [3.63, 3.8) is 0 Å². The summed E-state index contributed by atoms with van der Waals surface area (Å²) in [7, 11) is 1.63. The molecule has 0 spiro atoms. The second-order valence-corrected chi connectivity index (χ2v) is 8.76. The average Bonchev–Trinajstić information content (AvgIpc) is 2.72. The normalized spacial score (nSPS) is 10.5. The third-order valence-electron chi connectivity index (χ3n) is 4.53. The molecule has 0 radical (unpaired) electrons. The van der Waals surface area contributed by atoms with E-state index in [9.17, 15) is 0 Å². The Morgan fingerprint density at radius 2 is 1.71 bits per heavy atom. The summed E-state index contributed by atoms with van der Waals surface area (Å²) in [5.41, 5.74) is 3.06. The van der Waals surface area contributed by atoms with E-state index in [-0.39, 0.29) is 12.4 Å².